The number of nitrogens with zero attached hydrogens (tertiary/aromatic N) is 2. The molecule has 1 aromatic rings. The maximum Gasteiger partial charge on any atom is 0.274 e. The summed E-state index contributed by atoms with van der Waals surface area (Å²) in [5, 5.41) is 16.3. The molecular formula is C16H27N3O2. The zero-order valence-electron chi connectivity index (χ0n) is 13.3. The number of aliphatic hydroxyl groups excluding tert-OH is 1. The lowest BCUT2D eigenvalue weighted by atomic mass is 9.86. The Hall–Kier alpha value is -1.36. The van der Waals surface area contributed by atoms with Gasteiger partial charge in [-0.1, -0.05) is 13.8 Å². The fourth-order valence-electron chi connectivity index (χ4n) is 3.08. The molecule has 5 nitrogen and oxygen atoms in total. The number of amides is 1. The zero-order chi connectivity index (χ0) is 15.4. The van der Waals surface area contributed by atoms with Crippen molar-refractivity contribution < 1.29 is 9.90 Å². The molecule has 1 amide bonds. The van der Waals surface area contributed by atoms with E-state index in [0.29, 0.717) is 17.5 Å². The Morgan fingerprint density at radius 1 is 1.43 bits per heavy atom. The Morgan fingerprint density at radius 3 is 2.67 bits per heavy atom. The van der Waals surface area contributed by atoms with Gasteiger partial charge in [0.1, 0.15) is 5.69 Å². The standard InChI is InChI=1S/C16H27N3O2/c1-11(2)8-13-9-15(18-17-13)16(21)19(3)14-6-4-12(10-20)5-7-14/h9,11-12,14,20H,4-8,10H2,1-3H3,(H,17,18). The second-order valence-corrected chi connectivity index (χ2v) is 6.65. The van der Waals surface area contributed by atoms with Crippen molar-refractivity contribution in [3.63, 3.8) is 0 Å². The predicted octanol–water partition coefficient (Wildman–Crippen LogP) is 2.23. The normalized spacial score (nSPS) is 22.5. The van der Waals surface area contributed by atoms with Crippen LogP contribution in [0.4, 0.5) is 0 Å². The highest BCUT2D eigenvalue weighted by Gasteiger charge is 2.27. The van der Waals surface area contributed by atoms with E-state index < -0.39 is 0 Å². The van der Waals surface area contributed by atoms with Gasteiger partial charge in [-0.3, -0.25) is 9.89 Å². The third-order valence-electron chi connectivity index (χ3n) is 4.42. The lowest BCUT2D eigenvalue weighted by Crippen LogP contribution is -2.40. The van der Waals surface area contributed by atoms with E-state index in [4.69, 9.17) is 0 Å². The van der Waals surface area contributed by atoms with E-state index in [1.165, 1.54) is 0 Å². The van der Waals surface area contributed by atoms with E-state index in [-0.39, 0.29) is 18.6 Å². The number of hydrogen-bond acceptors (Lipinski definition) is 3. The summed E-state index contributed by atoms with van der Waals surface area (Å²) in [5.74, 6) is 0.946. The lowest BCUT2D eigenvalue weighted by Gasteiger charge is -2.33. The van der Waals surface area contributed by atoms with Crippen LogP contribution in [0.3, 0.4) is 0 Å². The van der Waals surface area contributed by atoms with Crippen molar-refractivity contribution in [2.45, 2.75) is 52.0 Å². The number of aliphatic hydroxyl groups is 1. The monoisotopic (exact) mass is 293 g/mol. The molecule has 0 unspecified atom stereocenters. The van der Waals surface area contributed by atoms with Crippen LogP contribution >= 0.6 is 0 Å². The van der Waals surface area contributed by atoms with Gasteiger partial charge in [0.25, 0.3) is 5.91 Å². The van der Waals surface area contributed by atoms with Gasteiger partial charge in [-0.15, -0.1) is 0 Å². The minimum Gasteiger partial charge on any atom is -0.396 e. The molecule has 1 aromatic heterocycles. The van der Waals surface area contributed by atoms with Crippen LogP contribution < -0.4 is 0 Å². The first kappa shape index (κ1) is 16.0. The van der Waals surface area contributed by atoms with Gasteiger partial charge in [0.05, 0.1) is 0 Å². The molecule has 5 heteroatoms. The number of nitrogens with one attached hydrogen (secondary N) is 1. The van der Waals surface area contributed by atoms with Gasteiger partial charge in [-0.2, -0.15) is 5.10 Å². The topological polar surface area (TPSA) is 69.2 Å². The van der Waals surface area contributed by atoms with Gasteiger partial charge in [-0.05, 0) is 50.0 Å². The predicted molar refractivity (Wildman–Crippen MR) is 82.1 cm³/mol. The summed E-state index contributed by atoms with van der Waals surface area (Å²) in [6, 6.07) is 2.14. The van der Waals surface area contributed by atoms with Crippen molar-refractivity contribution in [2.24, 2.45) is 11.8 Å². The summed E-state index contributed by atoms with van der Waals surface area (Å²) in [5.41, 5.74) is 1.53. The highest BCUT2D eigenvalue weighted by Crippen LogP contribution is 2.27. The van der Waals surface area contributed by atoms with E-state index in [1.54, 1.807) is 0 Å². The van der Waals surface area contributed by atoms with Crippen molar-refractivity contribution in [2.75, 3.05) is 13.7 Å². The fraction of sp³-hybridized carbons (Fsp3) is 0.750. The van der Waals surface area contributed by atoms with Gasteiger partial charge < -0.3 is 10.0 Å². The molecular weight excluding hydrogens is 266 g/mol. The maximum absolute atomic E-state index is 12.5. The van der Waals surface area contributed by atoms with Crippen molar-refractivity contribution in [1.82, 2.24) is 15.1 Å². The van der Waals surface area contributed by atoms with Crippen molar-refractivity contribution in [1.29, 1.82) is 0 Å². The third-order valence-corrected chi connectivity index (χ3v) is 4.42. The van der Waals surface area contributed by atoms with Gasteiger partial charge in [-0.25, -0.2) is 0 Å². The maximum atomic E-state index is 12.5. The Bertz CT molecular complexity index is 462. The van der Waals surface area contributed by atoms with E-state index >= 15 is 0 Å². The first-order valence-corrected chi connectivity index (χ1v) is 7.93. The largest absolute Gasteiger partial charge is 0.396 e. The molecule has 0 bridgehead atoms. The molecule has 118 valence electrons. The summed E-state index contributed by atoms with van der Waals surface area (Å²) in [6.45, 7) is 4.56. The van der Waals surface area contributed by atoms with Crippen LogP contribution in [0.2, 0.25) is 0 Å². The molecule has 21 heavy (non-hydrogen) atoms. The highest BCUT2D eigenvalue weighted by atomic mass is 16.3. The number of H-pyrrole nitrogens is 1. The quantitative estimate of drug-likeness (QED) is 0.874. The summed E-state index contributed by atoms with van der Waals surface area (Å²) in [7, 11) is 1.86. The molecule has 0 radical (unpaired) electrons. The molecule has 1 fully saturated rings. The molecule has 0 aliphatic heterocycles. The van der Waals surface area contributed by atoms with Gasteiger partial charge in [0, 0.05) is 25.4 Å². The number of carbonyl (C=O) groups is 1. The number of rotatable bonds is 5. The summed E-state index contributed by atoms with van der Waals surface area (Å²) in [4.78, 5) is 14.3. The second-order valence-electron chi connectivity index (χ2n) is 6.65. The highest BCUT2D eigenvalue weighted by molar-refractivity contribution is 5.92. The Kier molecular flexibility index (Phi) is 5.39. The number of carbonyl (C=O) groups excluding carboxylic acids is 1. The number of aromatic amines is 1. The average Bonchev–Trinajstić information content (AvgIpc) is 2.93. The lowest BCUT2D eigenvalue weighted by molar-refractivity contribution is 0.0647. The summed E-state index contributed by atoms with van der Waals surface area (Å²) >= 11 is 0. The molecule has 0 spiro atoms. The average molecular weight is 293 g/mol. The third kappa shape index (κ3) is 4.06. The van der Waals surface area contributed by atoms with Crippen molar-refractivity contribution in [3.8, 4) is 0 Å². The molecule has 0 atom stereocenters. The van der Waals surface area contributed by atoms with Crippen LogP contribution in [-0.2, 0) is 6.42 Å². The number of hydrogen-bond donors (Lipinski definition) is 2. The summed E-state index contributed by atoms with van der Waals surface area (Å²) in [6.07, 6.45) is 4.84. The first-order valence-electron chi connectivity index (χ1n) is 7.93. The molecule has 1 aliphatic carbocycles. The molecule has 1 heterocycles. The smallest absolute Gasteiger partial charge is 0.274 e. The minimum atomic E-state index is -0.00583. The Morgan fingerprint density at radius 2 is 2.10 bits per heavy atom. The molecule has 1 saturated carbocycles. The van der Waals surface area contributed by atoms with Crippen LogP contribution in [0.25, 0.3) is 0 Å². The van der Waals surface area contributed by atoms with Crippen LogP contribution in [0.5, 0.6) is 0 Å². The molecule has 2 N–H and O–H groups in total. The van der Waals surface area contributed by atoms with Gasteiger partial charge in [0.2, 0.25) is 0 Å². The molecule has 0 saturated heterocycles. The first-order chi connectivity index (χ1) is 10.0. The van der Waals surface area contributed by atoms with Crippen LogP contribution in [-0.4, -0.2) is 45.8 Å². The van der Waals surface area contributed by atoms with E-state index in [0.717, 1.165) is 37.8 Å². The fourth-order valence-corrected chi connectivity index (χ4v) is 3.08. The summed E-state index contributed by atoms with van der Waals surface area (Å²) < 4.78 is 0. The Balaban J connectivity index is 1.94. The molecule has 1 aliphatic rings. The van der Waals surface area contributed by atoms with Gasteiger partial charge >= 0.3 is 0 Å². The van der Waals surface area contributed by atoms with Gasteiger partial charge in [0.15, 0.2) is 0 Å². The molecule has 0 aromatic carbocycles. The van der Waals surface area contributed by atoms with Crippen LogP contribution in [0, 0.1) is 11.8 Å². The number of aromatic nitrogens is 2. The Labute approximate surface area is 126 Å². The zero-order valence-corrected chi connectivity index (χ0v) is 13.3. The SMILES string of the molecule is CC(C)Cc1cc(C(=O)N(C)C2CCC(CO)CC2)n[nH]1. The van der Waals surface area contributed by atoms with Crippen molar-refractivity contribution in [3.05, 3.63) is 17.5 Å². The second kappa shape index (κ2) is 7.07. The van der Waals surface area contributed by atoms with Crippen LogP contribution in [0.15, 0.2) is 6.07 Å². The van der Waals surface area contributed by atoms with E-state index in [1.807, 2.05) is 18.0 Å². The molecule has 2 rings (SSSR count). The van der Waals surface area contributed by atoms with E-state index in [2.05, 4.69) is 24.0 Å². The van der Waals surface area contributed by atoms with E-state index in [9.17, 15) is 9.90 Å². The van der Waals surface area contributed by atoms with Crippen LogP contribution in [0.1, 0.15) is 55.7 Å². The van der Waals surface area contributed by atoms with Crippen molar-refractivity contribution >= 4 is 5.91 Å². The minimum absolute atomic E-state index is 0.00583.